The minimum atomic E-state index is 0.172. The van der Waals surface area contributed by atoms with Gasteiger partial charge >= 0.3 is 0 Å². The van der Waals surface area contributed by atoms with Gasteiger partial charge in [-0.3, -0.25) is 5.10 Å². The summed E-state index contributed by atoms with van der Waals surface area (Å²) in [5, 5.41) is 7.12. The SMILES string of the molecule is CCCc1cc(-c2cnc(N)nc2N)n[nH]1. The zero-order chi connectivity index (χ0) is 11.5. The van der Waals surface area contributed by atoms with Gasteiger partial charge in [0.15, 0.2) is 0 Å². The molecule has 6 nitrogen and oxygen atoms in total. The van der Waals surface area contributed by atoms with Crippen molar-refractivity contribution in [3.63, 3.8) is 0 Å². The van der Waals surface area contributed by atoms with Crippen LogP contribution in [0.15, 0.2) is 12.3 Å². The summed E-state index contributed by atoms with van der Waals surface area (Å²) in [6.07, 6.45) is 3.61. The second-order valence-electron chi connectivity index (χ2n) is 3.56. The first-order valence-electron chi connectivity index (χ1n) is 5.13. The van der Waals surface area contributed by atoms with Crippen LogP contribution in [-0.4, -0.2) is 20.2 Å². The molecule has 0 unspecified atom stereocenters. The van der Waals surface area contributed by atoms with Gasteiger partial charge in [-0.25, -0.2) is 4.98 Å². The second kappa shape index (κ2) is 4.18. The Morgan fingerprint density at radius 1 is 1.38 bits per heavy atom. The maximum absolute atomic E-state index is 5.75. The molecule has 84 valence electrons. The van der Waals surface area contributed by atoms with E-state index in [-0.39, 0.29) is 5.95 Å². The average molecular weight is 218 g/mol. The summed E-state index contributed by atoms with van der Waals surface area (Å²) in [4.78, 5) is 7.80. The van der Waals surface area contributed by atoms with E-state index in [2.05, 4.69) is 27.1 Å². The minimum absolute atomic E-state index is 0.172. The molecule has 2 aromatic rings. The number of hydrogen-bond donors (Lipinski definition) is 3. The summed E-state index contributed by atoms with van der Waals surface area (Å²) in [6.45, 7) is 2.11. The van der Waals surface area contributed by atoms with E-state index in [0.717, 1.165) is 24.2 Å². The van der Waals surface area contributed by atoms with Gasteiger partial charge in [-0.1, -0.05) is 13.3 Å². The van der Waals surface area contributed by atoms with Crippen molar-refractivity contribution in [1.82, 2.24) is 20.2 Å². The molecule has 0 atom stereocenters. The Kier molecular flexibility index (Phi) is 2.72. The highest BCUT2D eigenvalue weighted by Gasteiger charge is 2.09. The lowest BCUT2D eigenvalue weighted by molar-refractivity contribution is 0.867. The van der Waals surface area contributed by atoms with Crippen LogP contribution in [0.5, 0.6) is 0 Å². The predicted molar refractivity (Wildman–Crippen MR) is 62.4 cm³/mol. The van der Waals surface area contributed by atoms with Gasteiger partial charge in [-0.05, 0) is 12.5 Å². The second-order valence-corrected chi connectivity index (χ2v) is 3.56. The molecular weight excluding hydrogens is 204 g/mol. The van der Waals surface area contributed by atoms with Crippen LogP contribution in [0.1, 0.15) is 19.0 Å². The van der Waals surface area contributed by atoms with Crippen molar-refractivity contribution in [2.24, 2.45) is 0 Å². The van der Waals surface area contributed by atoms with Gasteiger partial charge in [0.2, 0.25) is 5.95 Å². The molecule has 2 rings (SSSR count). The molecule has 2 aromatic heterocycles. The van der Waals surface area contributed by atoms with Crippen molar-refractivity contribution in [3.8, 4) is 11.3 Å². The molecule has 0 saturated carbocycles. The van der Waals surface area contributed by atoms with Gasteiger partial charge in [-0.2, -0.15) is 10.1 Å². The van der Waals surface area contributed by atoms with Gasteiger partial charge in [0, 0.05) is 11.9 Å². The topological polar surface area (TPSA) is 106 Å². The van der Waals surface area contributed by atoms with E-state index in [1.165, 1.54) is 0 Å². The Balaban J connectivity index is 2.35. The quantitative estimate of drug-likeness (QED) is 0.712. The van der Waals surface area contributed by atoms with E-state index in [9.17, 15) is 0 Å². The van der Waals surface area contributed by atoms with Crippen molar-refractivity contribution in [1.29, 1.82) is 0 Å². The predicted octanol–water partition coefficient (Wildman–Crippen LogP) is 0.984. The molecule has 16 heavy (non-hydrogen) atoms. The van der Waals surface area contributed by atoms with Crippen molar-refractivity contribution in [2.45, 2.75) is 19.8 Å². The number of anilines is 2. The van der Waals surface area contributed by atoms with Crippen molar-refractivity contribution in [2.75, 3.05) is 11.5 Å². The molecule has 0 saturated heterocycles. The molecule has 0 aromatic carbocycles. The van der Waals surface area contributed by atoms with E-state index in [0.29, 0.717) is 11.4 Å². The number of rotatable bonds is 3. The highest BCUT2D eigenvalue weighted by Crippen LogP contribution is 2.22. The maximum Gasteiger partial charge on any atom is 0.221 e. The monoisotopic (exact) mass is 218 g/mol. The fourth-order valence-corrected chi connectivity index (χ4v) is 1.50. The Morgan fingerprint density at radius 3 is 2.88 bits per heavy atom. The summed E-state index contributed by atoms with van der Waals surface area (Å²) >= 11 is 0. The summed E-state index contributed by atoms with van der Waals surface area (Å²) in [6, 6.07) is 1.95. The van der Waals surface area contributed by atoms with Crippen LogP contribution >= 0.6 is 0 Å². The van der Waals surface area contributed by atoms with E-state index in [1.807, 2.05) is 6.07 Å². The molecule has 2 heterocycles. The third-order valence-corrected chi connectivity index (χ3v) is 2.26. The Morgan fingerprint density at radius 2 is 2.19 bits per heavy atom. The molecule has 0 amide bonds. The zero-order valence-electron chi connectivity index (χ0n) is 9.07. The maximum atomic E-state index is 5.75. The van der Waals surface area contributed by atoms with Gasteiger partial charge in [-0.15, -0.1) is 0 Å². The van der Waals surface area contributed by atoms with E-state index in [4.69, 9.17) is 11.5 Å². The number of aromatic amines is 1. The molecule has 0 fully saturated rings. The van der Waals surface area contributed by atoms with E-state index in [1.54, 1.807) is 6.20 Å². The third kappa shape index (κ3) is 1.95. The van der Waals surface area contributed by atoms with Crippen LogP contribution in [0, 0.1) is 0 Å². The lowest BCUT2D eigenvalue weighted by Gasteiger charge is -2.00. The number of aryl methyl sites for hydroxylation is 1. The normalized spacial score (nSPS) is 10.6. The van der Waals surface area contributed by atoms with Crippen LogP contribution in [0.4, 0.5) is 11.8 Å². The van der Waals surface area contributed by atoms with Crippen molar-refractivity contribution < 1.29 is 0 Å². The number of nitrogens with one attached hydrogen (secondary N) is 1. The molecule has 0 aliphatic heterocycles. The number of nitrogens with two attached hydrogens (primary N) is 2. The lowest BCUT2D eigenvalue weighted by atomic mass is 10.2. The summed E-state index contributed by atoms with van der Waals surface area (Å²) in [7, 11) is 0. The Bertz CT molecular complexity index is 490. The van der Waals surface area contributed by atoms with Gasteiger partial charge in [0.1, 0.15) is 5.82 Å². The van der Waals surface area contributed by atoms with Crippen LogP contribution in [0.2, 0.25) is 0 Å². The number of aromatic nitrogens is 4. The number of nitrogens with zero attached hydrogens (tertiary/aromatic N) is 3. The van der Waals surface area contributed by atoms with Crippen molar-refractivity contribution >= 4 is 11.8 Å². The molecule has 0 bridgehead atoms. The average Bonchev–Trinajstić information content (AvgIpc) is 2.67. The largest absolute Gasteiger partial charge is 0.383 e. The molecule has 0 radical (unpaired) electrons. The van der Waals surface area contributed by atoms with Gasteiger partial charge in [0.05, 0.1) is 11.3 Å². The highest BCUT2D eigenvalue weighted by molar-refractivity contribution is 5.70. The van der Waals surface area contributed by atoms with Crippen molar-refractivity contribution in [3.05, 3.63) is 18.0 Å². The fourth-order valence-electron chi connectivity index (χ4n) is 1.50. The first-order chi connectivity index (χ1) is 7.70. The standard InChI is InChI=1S/C10H14N6/c1-2-3-6-4-8(16-15-6)7-5-13-10(12)14-9(7)11/h4-5H,2-3H2,1H3,(H,15,16)(H4,11,12,13,14). The van der Waals surface area contributed by atoms with Crippen LogP contribution in [0.3, 0.4) is 0 Å². The first kappa shape index (κ1) is 10.4. The molecule has 5 N–H and O–H groups in total. The summed E-state index contributed by atoms with van der Waals surface area (Å²) in [5.41, 5.74) is 13.7. The molecule has 6 heteroatoms. The molecular formula is C10H14N6. The molecule has 0 spiro atoms. The molecule has 0 aliphatic rings. The van der Waals surface area contributed by atoms with Crippen LogP contribution in [-0.2, 0) is 6.42 Å². The van der Waals surface area contributed by atoms with Gasteiger partial charge in [0.25, 0.3) is 0 Å². The lowest BCUT2D eigenvalue weighted by Crippen LogP contribution is -2.01. The minimum Gasteiger partial charge on any atom is -0.383 e. The van der Waals surface area contributed by atoms with Crippen LogP contribution in [0.25, 0.3) is 11.3 Å². The van der Waals surface area contributed by atoms with E-state index < -0.39 is 0 Å². The summed E-state index contributed by atoms with van der Waals surface area (Å²) < 4.78 is 0. The van der Waals surface area contributed by atoms with Crippen LogP contribution < -0.4 is 11.5 Å². The highest BCUT2D eigenvalue weighted by atomic mass is 15.1. The summed E-state index contributed by atoms with van der Waals surface area (Å²) in [5.74, 6) is 0.521. The number of H-pyrrole nitrogens is 1. The smallest absolute Gasteiger partial charge is 0.221 e. The number of nitrogen functional groups attached to an aromatic ring is 2. The zero-order valence-corrected chi connectivity index (χ0v) is 9.07. The van der Waals surface area contributed by atoms with E-state index >= 15 is 0 Å². The Labute approximate surface area is 93.1 Å². The fraction of sp³-hybridized carbons (Fsp3) is 0.300. The molecule has 0 aliphatic carbocycles. The first-order valence-corrected chi connectivity index (χ1v) is 5.13. The Hall–Kier alpha value is -2.11. The van der Waals surface area contributed by atoms with Gasteiger partial charge < -0.3 is 11.5 Å². The number of hydrogen-bond acceptors (Lipinski definition) is 5. The third-order valence-electron chi connectivity index (χ3n) is 2.26.